The Labute approximate surface area is 134 Å². The molecule has 0 fully saturated rings. The number of amides is 1. The van der Waals surface area contributed by atoms with Crippen molar-refractivity contribution in [2.75, 3.05) is 0 Å². The van der Waals surface area contributed by atoms with E-state index in [2.05, 4.69) is 26.1 Å². The molecule has 22 heavy (non-hydrogen) atoms. The normalized spacial score (nSPS) is 12.7. The van der Waals surface area contributed by atoms with E-state index in [4.69, 9.17) is 4.43 Å². The number of rotatable bonds is 4. The van der Waals surface area contributed by atoms with Gasteiger partial charge in [-0.2, -0.15) is 0 Å². The molecule has 122 valence electrons. The third-order valence-corrected chi connectivity index (χ3v) is 8.43. The number of hydrogen-bond acceptors (Lipinski definition) is 3. The number of nitrogens with one attached hydrogen (secondary N) is 1. The molecular formula is C17H27NO3Si. The van der Waals surface area contributed by atoms with Gasteiger partial charge >= 0.3 is 5.97 Å². The molecule has 0 aromatic heterocycles. The van der Waals surface area contributed by atoms with Crippen molar-refractivity contribution < 1.29 is 14.0 Å². The first-order valence-electron chi connectivity index (χ1n) is 7.48. The molecule has 0 aliphatic rings. The highest BCUT2D eigenvalue weighted by atomic mass is 28.4. The van der Waals surface area contributed by atoms with Gasteiger partial charge in [-0.15, -0.1) is 0 Å². The first-order chi connectivity index (χ1) is 9.87. The van der Waals surface area contributed by atoms with Crippen LogP contribution >= 0.6 is 0 Å². The zero-order valence-electron chi connectivity index (χ0n) is 14.6. The van der Waals surface area contributed by atoms with Gasteiger partial charge in [0.25, 0.3) is 14.2 Å². The molecule has 0 saturated carbocycles. The van der Waals surface area contributed by atoms with Crippen molar-refractivity contribution in [2.24, 2.45) is 0 Å². The van der Waals surface area contributed by atoms with Crippen LogP contribution in [0.4, 0.5) is 0 Å². The second kappa shape index (κ2) is 6.24. The fraction of sp³-hybridized carbons (Fsp3) is 0.529. The van der Waals surface area contributed by atoms with Crippen LogP contribution in [-0.2, 0) is 9.22 Å². The summed E-state index contributed by atoms with van der Waals surface area (Å²) in [7, 11) is -2.21. The van der Waals surface area contributed by atoms with E-state index in [1.165, 1.54) is 0 Å². The minimum absolute atomic E-state index is 0.0673. The third kappa shape index (κ3) is 4.43. The van der Waals surface area contributed by atoms with E-state index in [0.29, 0.717) is 5.56 Å². The minimum atomic E-state index is -2.21. The molecule has 4 nitrogen and oxygen atoms in total. The predicted molar refractivity (Wildman–Crippen MR) is 91.3 cm³/mol. The Kier molecular flexibility index (Phi) is 5.23. The lowest BCUT2D eigenvalue weighted by molar-refractivity contribution is -0.141. The van der Waals surface area contributed by atoms with Gasteiger partial charge in [-0.25, -0.2) is 0 Å². The maximum atomic E-state index is 12.5. The molecule has 0 heterocycles. The molecule has 1 N–H and O–H groups in total. The van der Waals surface area contributed by atoms with Crippen LogP contribution < -0.4 is 5.32 Å². The van der Waals surface area contributed by atoms with Crippen molar-refractivity contribution in [2.45, 2.75) is 58.3 Å². The highest BCUT2D eigenvalue weighted by molar-refractivity contribution is 6.75. The molecule has 1 aromatic rings. The average molecular weight is 321 g/mol. The van der Waals surface area contributed by atoms with Gasteiger partial charge in [0.2, 0.25) is 0 Å². The van der Waals surface area contributed by atoms with Crippen LogP contribution in [0.25, 0.3) is 0 Å². The molecule has 0 saturated heterocycles. The van der Waals surface area contributed by atoms with Crippen molar-refractivity contribution >= 4 is 20.2 Å². The molecule has 0 spiro atoms. The van der Waals surface area contributed by atoms with Crippen molar-refractivity contribution in [1.29, 1.82) is 0 Å². The van der Waals surface area contributed by atoms with Crippen LogP contribution in [0.3, 0.4) is 0 Å². The van der Waals surface area contributed by atoms with E-state index in [1.54, 1.807) is 38.1 Å². The molecule has 0 aliphatic heterocycles. The highest BCUT2D eigenvalue weighted by Gasteiger charge is 2.43. The van der Waals surface area contributed by atoms with E-state index in [0.717, 1.165) is 0 Å². The number of benzene rings is 1. The van der Waals surface area contributed by atoms with Crippen LogP contribution in [0, 0.1) is 0 Å². The van der Waals surface area contributed by atoms with Crippen LogP contribution in [0.1, 0.15) is 45.0 Å². The molecule has 0 unspecified atom stereocenters. The predicted octanol–water partition coefficient (Wildman–Crippen LogP) is 3.74. The smallest absolute Gasteiger partial charge is 0.318 e. The summed E-state index contributed by atoms with van der Waals surface area (Å²) in [6.45, 7) is 13.6. The fourth-order valence-electron chi connectivity index (χ4n) is 1.51. The van der Waals surface area contributed by atoms with Gasteiger partial charge in [-0.1, -0.05) is 39.0 Å². The molecule has 0 bridgehead atoms. The highest BCUT2D eigenvalue weighted by Crippen LogP contribution is 2.37. The van der Waals surface area contributed by atoms with Crippen LogP contribution in [0.15, 0.2) is 30.3 Å². The second-order valence-electron chi connectivity index (χ2n) is 7.59. The van der Waals surface area contributed by atoms with Gasteiger partial charge in [0.05, 0.1) is 0 Å². The summed E-state index contributed by atoms with van der Waals surface area (Å²) in [5.74, 6) is -0.666. The van der Waals surface area contributed by atoms with E-state index in [-0.39, 0.29) is 16.9 Å². The van der Waals surface area contributed by atoms with E-state index in [1.807, 2.05) is 19.2 Å². The first kappa shape index (κ1) is 18.4. The lowest BCUT2D eigenvalue weighted by Gasteiger charge is -2.38. The molecule has 0 atom stereocenters. The van der Waals surface area contributed by atoms with Crippen molar-refractivity contribution in [3.63, 3.8) is 0 Å². The summed E-state index contributed by atoms with van der Waals surface area (Å²) in [6.07, 6.45) is 0. The zero-order chi connectivity index (χ0) is 17.2. The molecular weight excluding hydrogens is 294 g/mol. The van der Waals surface area contributed by atoms with Gasteiger partial charge in [0.15, 0.2) is 0 Å². The van der Waals surface area contributed by atoms with Gasteiger partial charge in [-0.3, -0.25) is 9.59 Å². The monoisotopic (exact) mass is 321 g/mol. The molecule has 1 rings (SSSR count). The lowest BCUT2D eigenvalue weighted by Crippen LogP contribution is -2.55. The zero-order valence-corrected chi connectivity index (χ0v) is 15.6. The molecule has 0 radical (unpaired) electrons. The standard InChI is InChI=1S/C17H27NO3Si/c1-16(2,3)22(6,7)21-15(20)17(4,5)18-14(19)13-11-9-8-10-12-13/h8-12H,1-7H3,(H,18,19). The van der Waals surface area contributed by atoms with E-state index >= 15 is 0 Å². The van der Waals surface area contributed by atoms with Crippen molar-refractivity contribution in [1.82, 2.24) is 5.32 Å². The van der Waals surface area contributed by atoms with Gasteiger partial charge in [0, 0.05) is 5.56 Å². The summed E-state index contributed by atoms with van der Waals surface area (Å²) < 4.78 is 5.79. The maximum absolute atomic E-state index is 12.5. The maximum Gasteiger partial charge on any atom is 0.318 e. The quantitative estimate of drug-likeness (QED) is 0.859. The molecule has 0 aliphatic carbocycles. The first-order valence-corrected chi connectivity index (χ1v) is 10.4. The summed E-state index contributed by atoms with van der Waals surface area (Å²) in [4.78, 5) is 24.7. The summed E-state index contributed by atoms with van der Waals surface area (Å²) in [5, 5.41) is 2.69. The van der Waals surface area contributed by atoms with Crippen molar-refractivity contribution in [3.05, 3.63) is 35.9 Å². The van der Waals surface area contributed by atoms with Gasteiger partial charge in [-0.05, 0) is 44.1 Å². The van der Waals surface area contributed by atoms with Gasteiger partial charge < -0.3 is 9.74 Å². The Morgan fingerprint density at radius 3 is 1.95 bits per heavy atom. The summed E-state index contributed by atoms with van der Waals surface area (Å²) in [5.41, 5.74) is -0.543. The third-order valence-electron chi connectivity index (χ3n) is 4.13. The summed E-state index contributed by atoms with van der Waals surface area (Å²) in [6, 6.07) is 8.84. The largest absolute Gasteiger partial charge is 0.517 e. The van der Waals surface area contributed by atoms with Crippen molar-refractivity contribution in [3.8, 4) is 0 Å². The Hall–Kier alpha value is -1.62. The Balaban J connectivity index is 2.82. The Morgan fingerprint density at radius 2 is 1.50 bits per heavy atom. The molecule has 5 heteroatoms. The van der Waals surface area contributed by atoms with E-state index < -0.39 is 13.9 Å². The fourth-order valence-corrected chi connectivity index (χ4v) is 2.53. The molecule has 1 aromatic carbocycles. The minimum Gasteiger partial charge on any atom is -0.517 e. The summed E-state index contributed by atoms with van der Waals surface area (Å²) >= 11 is 0. The van der Waals surface area contributed by atoms with Crippen LogP contribution in [-0.4, -0.2) is 25.7 Å². The average Bonchev–Trinajstić information content (AvgIpc) is 2.37. The second-order valence-corrected chi connectivity index (χ2v) is 12.3. The van der Waals surface area contributed by atoms with Gasteiger partial charge in [0.1, 0.15) is 5.54 Å². The van der Waals surface area contributed by atoms with E-state index in [9.17, 15) is 9.59 Å². The molecule has 1 amide bonds. The number of hydrogen-bond donors (Lipinski definition) is 1. The van der Waals surface area contributed by atoms with Crippen LogP contribution in [0.5, 0.6) is 0 Å². The van der Waals surface area contributed by atoms with Crippen LogP contribution in [0.2, 0.25) is 18.1 Å². The number of carbonyl (C=O) groups is 2. The Morgan fingerprint density at radius 1 is 1.00 bits per heavy atom. The number of carbonyl (C=O) groups excluding carboxylic acids is 2. The Bertz CT molecular complexity index is 545. The lowest BCUT2D eigenvalue weighted by atomic mass is 10.1. The SMILES string of the molecule is CC(C)(NC(=O)c1ccccc1)C(=O)O[Si](C)(C)C(C)(C)C. The topological polar surface area (TPSA) is 55.4 Å².